The van der Waals surface area contributed by atoms with Gasteiger partial charge >= 0.3 is 8.25 Å². The molecule has 0 saturated carbocycles. The molecule has 0 amide bonds. The molecular weight excluding hydrogens is 327 g/mol. The number of rotatable bonds is 5. The molecule has 0 spiro atoms. The zero-order chi connectivity index (χ0) is 16.1. The van der Waals surface area contributed by atoms with Crippen molar-refractivity contribution in [2.45, 2.75) is 14.7 Å². The van der Waals surface area contributed by atoms with E-state index in [1.165, 1.54) is 0 Å². The zero-order valence-corrected chi connectivity index (χ0v) is 14.0. The molecule has 0 bridgehead atoms. The molecule has 1 unspecified atom stereocenters. The molecule has 1 atom stereocenters. The molecule has 3 nitrogen and oxygen atoms in total. The first-order valence-electron chi connectivity index (χ1n) is 7.08. The summed E-state index contributed by atoms with van der Waals surface area (Å²) in [5, 5.41) is 0. The van der Waals surface area contributed by atoms with Crippen molar-refractivity contribution in [2.75, 3.05) is 0 Å². The summed E-state index contributed by atoms with van der Waals surface area (Å²) < 4.78 is 17.4. The van der Waals surface area contributed by atoms with E-state index in [-0.39, 0.29) is 0 Å². The molecule has 0 fully saturated rings. The second-order valence-electron chi connectivity index (χ2n) is 4.81. The molecule has 3 aromatic rings. The molecule has 5 heteroatoms. The fourth-order valence-corrected chi connectivity index (χ4v) is 6.71. The van der Waals surface area contributed by atoms with Crippen LogP contribution in [0.3, 0.4) is 0 Å². The lowest BCUT2D eigenvalue weighted by Gasteiger charge is -2.34. The molecule has 0 heterocycles. The maximum absolute atomic E-state index is 11.7. The van der Waals surface area contributed by atoms with Gasteiger partial charge in [-0.15, -0.1) is 4.89 Å². The van der Waals surface area contributed by atoms with Gasteiger partial charge in [-0.3, -0.25) is 0 Å². The Morgan fingerprint density at radius 2 is 0.957 bits per heavy atom. The van der Waals surface area contributed by atoms with Gasteiger partial charge in [0, 0.05) is 29.6 Å². The Labute approximate surface area is 138 Å². The van der Waals surface area contributed by atoms with Crippen molar-refractivity contribution in [3.05, 3.63) is 91.0 Å². The van der Waals surface area contributed by atoms with Gasteiger partial charge < -0.3 is 0 Å². The van der Waals surface area contributed by atoms with Gasteiger partial charge in [0.25, 0.3) is 0 Å². The second kappa shape index (κ2) is 7.07. The minimum absolute atomic E-state index is 0.884. The normalized spacial score (nSPS) is 12.7. The van der Waals surface area contributed by atoms with E-state index in [9.17, 15) is 9.46 Å². The van der Waals surface area contributed by atoms with Crippen molar-refractivity contribution in [3.8, 4) is 0 Å². The Morgan fingerprint density at radius 1 is 0.652 bits per heavy atom. The molecule has 0 aliphatic heterocycles. The Hall–Kier alpha value is -1.97. The van der Waals surface area contributed by atoms with Crippen molar-refractivity contribution in [3.63, 3.8) is 0 Å². The van der Waals surface area contributed by atoms with E-state index in [4.69, 9.17) is 3.97 Å². The number of hydrogen-bond donors (Lipinski definition) is 1. The molecule has 0 aromatic heterocycles. The summed E-state index contributed by atoms with van der Waals surface area (Å²) in [6, 6.07) is 28.9. The van der Waals surface area contributed by atoms with Crippen LogP contribution >= 0.6 is 18.6 Å². The van der Waals surface area contributed by atoms with E-state index in [0.717, 1.165) is 14.7 Å². The first-order chi connectivity index (χ1) is 11.2. The monoisotopic (exact) mass is 343 g/mol. The minimum atomic E-state index is -2.77. The van der Waals surface area contributed by atoms with Gasteiger partial charge in [-0.05, 0) is 36.4 Å². The van der Waals surface area contributed by atoms with Gasteiger partial charge in [0.2, 0.25) is 0 Å². The van der Waals surface area contributed by atoms with E-state index in [2.05, 4.69) is 0 Å². The summed E-state index contributed by atoms with van der Waals surface area (Å²) in [6.07, 6.45) is 0. The largest absolute Gasteiger partial charge is 0.706 e. The fraction of sp³-hybridized carbons (Fsp3) is 0. The summed E-state index contributed by atoms with van der Waals surface area (Å²) in [5.74, 6) is 0. The second-order valence-corrected chi connectivity index (χ2v) is 8.41. The van der Waals surface area contributed by atoms with Crippen LogP contribution in [-0.2, 0) is 8.54 Å². The third kappa shape index (κ3) is 3.21. The summed E-state index contributed by atoms with van der Waals surface area (Å²) in [5.41, 5.74) is 0. The number of benzene rings is 3. The van der Waals surface area contributed by atoms with Crippen LogP contribution in [0.2, 0.25) is 0 Å². The zero-order valence-electron chi connectivity index (χ0n) is 12.3. The summed E-state index contributed by atoms with van der Waals surface area (Å²) in [7, 11) is -5.04. The van der Waals surface area contributed by atoms with Crippen LogP contribution in [0, 0.1) is 0 Å². The van der Waals surface area contributed by atoms with Crippen molar-refractivity contribution in [1.29, 1.82) is 0 Å². The third-order valence-electron chi connectivity index (χ3n) is 3.40. The van der Waals surface area contributed by atoms with Crippen molar-refractivity contribution < 1.29 is 13.4 Å². The lowest BCUT2D eigenvalue weighted by atomic mass is 10.4. The summed E-state index contributed by atoms with van der Waals surface area (Å²) in [4.78, 5) is 12.2. The van der Waals surface area contributed by atoms with E-state index < -0.39 is 18.6 Å². The van der Waals surface area contributed by atoms with Gasteiger partial charge in [0.1, 0.15) is 0 Å². The first kappa shape index (κ1) is 15.9. The highest BCUT2D eigenvalue weighted by Gasteiger charge is 2.40. The van der Waals surface area contributed by atoms with Gasteiger partial charge in [0.05, 0.1) is 0 Å². The number of hydrogen-bond acceptors (Lipinski definition) is 2. The van der Waals surface area contributed by atoms with Crippen LogP contribution in [0.15, 0.2) is 106 Å². The highest BCUT2D eigenvalue weighted by atomic mass is 32.3. The molecule has 3 aromatic carbocycles. The van der Waals surface area contributed by atoms with E-state index in [1.807, 2.05) is 91.0 Å². The highest BCUT2D eigenvalue weighted by Crippen LogP contribution is 2.72. The summed E-state index contributed by atoms with van der Waals surface area (Å²) >= 11 is 0. The molecular formula is C18H16O3PS+. The smallest absolute Gasteiger partial charge is 0.133 e. The molecule has 3 rings (SSSR count). The highest BCUT2D eigenvalue weighted by molar-refractivity contribution is 8.31. The van der Waals surface area contributed by atoms with Gasteiger partial charge in [-0.1, -0.05) is 58.6 Å². The van der Waals surface area contributed by atoms with Gasteiger partial charge in [-0.2, -0.15) is 0 Å². The molecule has 23 heavy (non-hydrogen) atoms. The Bertz CT molecular complexity index is 682. The Morgan fingerprint density at radius 3 is 1.22 bits per heavy atom. The van der Waals surface area contributed by atoms with E-state index in [1.54, 1.807) is 0 Å². The lowest BCUT2D eigenvalue weighted by Crippen LogP contribution is -2.04. The van der Waals surface area contributed by atoms with Crippen LogP contribution in [0.1, 0.15) is 0 Å². The van der Waals surface area contributed by atoms with Gasteiger partial charge in [0.15, 0.2) is 0 Å². The SMILES string of the molecule is O=[P+](O)OS(c1ccccc1)(c1ccccc1)c1ccccc1. The van der Waals surface area contributed by atoms with Crippen LogP contribution in [0.4, 0.5) is 0 Å². The van der Waals surface area contributed by atoms with Crippen LogP contribution in [0.5, 0.6) is 0 Å². The predicted octanol–water partition coefficient (Wildman–Crippen LogP) is 5.55. The average Bonchev–Trinajstić information content (AvgIpc) is 2.62. The minimum Gasteiger partial charge on any atom is -0.133 e. The maximum atomic E-state index is 11.7. The van der Waals surface area contributed by atoms with Gasteiger partial charge in [-0.25, -0.2) is 0 Å². The average molecular weight is 343 g/mol. The van der Waals surface area contributed by atoms with Crippen molar-refractivity contribution in [2.24, 2.45) is 0 Å². The quantitative estimate of drug-likeness (QED) is 0.618. The predicted molar refractivity (Wildman–Crippen MR) is 92.6 cm³/mol. The van der Waals surface area contributed by atoms with E-state index >= 15 is 0 Å². The molecule has 0 radical (unpaired) electrons. The molecule has 0 aliphatic carbocycles. The lowest BCUT2D eigenvalue weighted by molar-refractivity contribution is 0.426. The topological polar surface area (TPSA) is 46.5 Å². The van der Waals surface area contributed by atoms with Crippen LogP contribution in [-0.4, -0.2) is 4.89 Å². The fourth-order valence-electron chi connectivity index (χ4n) is 2.47. The standard InChI is InChI=1S/C18H15O3PS/c19-22(20)21-23(16-10-4-1-5-11-16,17-12-6-2-7-13-17)18-14-8-3-9-15-18/h1-15H/p+1. The maximum Gasteiger partial charge on any atom is 0.706 e. The van der Waals surface area contributed by atoms with Crippen molar-refractivity contribution in [1.82, 2.24) is 0 Å². The molecule has 0 saturated heterocycles. The van der Waals surface area contributed by atoms with E-state index in [0.29, 0.717) is 0 Å². The molecule has 116 valence electrons. The van der Waals surface area contributed by atoms with Crippen LogP contribution < -0.4 is 0 Å². The first-order valence-corrected chi connectivity index (χ1v) is 9.76. The summed E-state index contributed by atoms with van der Waals surface area (Å²) in [6.45, 7) is 0. The Balaban J connectivity index is 2.32. The van der Waals surface area contributed by atoms with Crippen molar-refractivity contribution >= 4 is 18.6 Å². The molecule has 0 aliphatic rings. The third-order valence-corrected chi connectivity index (χ3v) is 7.61. The van der Waals surface area contributed by atoms with Crippen LogP contribution in [0.25, 0.3) is 0 Å². The molecule has 1 N–H and O–H groups in total. The Kier molecular flexibility index (Phi) is 4.89.